The molecule has 0 aliphatic heterocycles. The monoisotopic (exact) mass is 614 g/mol. The quantitative estimate of drug-likeness (QED) is 0.0504. The molecule has 0 heterocycles. The summed E-state index contributed by atoms with van der Waals surface area (Å²) in [5.41, 5.74) is 22.5. The van der Waals surface area contributed by atoms with Gasteiger partial charge in [0.25, 0.3) is 0 Å². The van der Waals surface area contributed by atoms with E-state index in [0.29, 0.717) is 12.0 Å². The summed E-state index contributed by atoms with van der Waals surface area (Å²) in [5, 5.41) is 27.2. The van der Waals surface area contributed by atoms with Crippen LogP contribution < -0.4 is 38.9 Å². The maximum absolute atomic E-state index is 13.5. The van der Waals surface area contributed by atoms with E-state index in [1.165, 1.54) is 0 Å². The van der Waals surface area contributed by atoms with Crippen LogP contribution in [0, 0.1) is 0 Å². The third kappa shape index (κ3) is 11.9. The lowest BCUT2D eigenvalue weighted by molar-refractivity contribution is -0.143. The number of aliphatic carboxylic acids is 2. The number of fused-ring (bicyclic) bond motifs is 1. The fraction of sp³-hybridized carbons (Fsp3) is 0.393. The van der Waals surface area contributed by atoms with E-state index in [1.54, 1.807) is 6.07 Å². The molecule has 0 unspecified atom stereocenters. The van der Waals surface area contributed by atoms with E-state index in [4.69, 9.17) is 28.0 Å². The molecule has 2 rings (SSSR count). The Kier molecular flexibility index (Phi) is 13.5. The molecule has 0 saturated heterocycles. The van der Waals surface area contributed by atoms with Crippen LogP contribution in [-0.2, 0) is 35.2 Å². The van der Waals surface area contributed by atoms with E-state index in [9.17, 15) is 33.9 Å². The van der Waals surface area contributed by atoms with Crippen molar-refractivity contribution in [3.63, 3.8) is 0 Å². The van der Waals surface area contributed by atoms with Gasteiger partial charge in [0, 0.05) is 19.4 Å². The minimum absolute atomic E-state index is 0.0373. The Hall–Kier alpha value is -5.25. The molecule has 0 fully saturated rings. The average molecular weight is 615 g/mol. The second-order valence-corrected chi connectivity index (χ2v) is 10.1. The van der Waals surface area contributed by atoms with Crippen LogP contribution in [0.15, 0.2) is 47.5 Å². The fourth-order valence-corrected chi connectivity index (χ4v) is 4.22. The maximum Gasteiger partial charge on any atom is 0.326 e. The maximum atomic E-state index is 13.5. The van der Waals surface area contributed by atoms with Gasteiger partial charge in [-0.05, 0) is 35.6 Å². The number of amides is 4. The molecular formula is C28H38N8O8. The first-order valence-corrected chi connectivity index (χ1v) is 13.7. The smallest absolute Gasteiger partial charge is 0.326 e. The minimum Gasteiger partial charge on any atom is -0.481 e. The second kappa shape index (κ2) is 17.0. The third-order valence-corrected chi connectivity index (χ3v) is 6.49. The van der Waals surface area contributed by atoms with E-state index < -0.39 is 79.0 Å². The minimum atomic E-state index is -1.63. The van der Waals surface area contributed by atoms with Gasteiger partial charge in [0.1, 0.15) is 18.1 Å². The van der Waals surface area contributed by atoms with Gasteiger partial charge in [-0.3, -0.25) is 29.0 Å². The number of hydrogen-bond acceptors (Lipinski definition) is 8. The van der Waals surface area contributed by atoms with Gasteiger partial charge in [-0.25, -0.2) is 4.79 Å². The largest absolute Gasteiger partial charge is 0.481 e. The number of aliphatic imine (C=N–C) groups is 1. The van der Waals surface area contributed by atoms with Gasteiger partial charge in [0.15, 0.2) is 5.96 Å². The molecule has 13 N–H and O–H groups in total. The molecule has 4 amide bonds. The van der Waals surface area contributed by atoms with E-state index in [0.717, 1.165) is 10.8 Å². The van der Waals surface area contributed by atoms with Crippen LogP contribution in [0.2, 0.25) is 0 Å². The fourth-order valence-electron chi connectivity index (χ4n) is 4.22. The lowest BCUT2D eigenvalue weighted by Gasteiger charge is -2.25. The number of carboxylic acids is 2. The number of hydrogen-bond donors (Lipinski definition) is 9. The zero-order valence-electron chi connectivity index (χ0n) is 23.9. The van der Waals surface area contributed by atoms with Crippen molar-refractivity contribution in [2.75, 3.05) is 6.54 Å². The number of primary amides is 1. The van der Waals surface area contributed by atoms with E-state index in [-0.39, 0.29) is 25.3 Å². The molecule has 2 aromatic rings. The molecule has 0 radical (unpaired) electrons. The number of rotatable bonds is 18. The Bertz CT molecular complexity index is 1390. The lowest BCUT2D eigenvalue weighted by Crippen LogP contribution is -2.58. The summed E-state index contributed by atoms with van der Waals surface area (Å²) in [5.74, 6) is -6.53. The summed E-state index contributed by atoms with van der Waals surface area (Å²) in [4.78, 5) is 77.4. The van der Waals surface area contributed by atoms with E-state index >= 15 is 0 Å². The summed E-state index contributed by atoms with van der Waals surface area (Å²) < 4.78 is 0. The van der Waals surface area contributed by atoms with Crippen molar-refractivity contribution in [1.29, 1.82) is 0 Å². The van der Waals surface area contributed by atoms with Crippen molar-refractivity contribution < 1.29 is 39.0 Å². The Morgan fingerprint density at radius 1 is 0.773 bits per heavy atom. The predicted molar refractivity (Wildman–Crippen MR) is 160 cm³/mol. The van der Waals surface area contributed by atoms with E-state index in [1.807, 2.05) is 36.4 Å². The molecule has 4 atom stereocenters. The molecule has 2 aromatic carbocycles. The van der Waals surface area contributed by atoms with Gasteiger partial charge in [-0.2, -0.15) is 0 Å². The first-order chi connectivity index (χ1) is 20.8. The number of carbonyl (C=O) groups is 6. The number of guanidine groups is 1. The highest BCUT2D eigenvalue weighted by Gasteiger charge is 2.31. The number of nitrogens with one attached hydrogen (secondary N) is 3. The van der Waals surface area contributed by atoms with Crippen molar-refractivity contribution in [3.8, 4) is 0 Å². The van der Waals surface area contributed by atoms with E-state index in [2.05, 4.69) is 20.9 Å². The SMILES string of the molecule is NC(=O)C[C@@H](NC(=O)[C@H](Cc1ccc2ccccc2c1)NC(=O)[C@@H](N)CCCN=C(N)N)C(=O)N[C@H](CCC(=O)O)C(=O)O. The van der Waals surface area contributed by atoms with Gasteiger partial charge in [-0.15, -0.1) is 0 Å². The highest BCUT2D eigenvalue weighted by Crippen LogP contribution is 2.17. The van der Waals surface area contributed by atoms with Gasteiger partial charge in [0.2, 0.25) is 23.6 Å². The lowest BCUT2D eigenvalue weighted by atomic mass is 10.00. The van der Waals surface area contributed by atoms with Crippen LogP contribution in [0.4, 0.5) is 0 Å². The predicted octanol–water partition coefficient (Wildman–Crippen LogP) is -1.96. The molecular weight excluding hydrogens is 576 g/mol. The van der Waals surface area contributed by atoms with Crippen LogP contribution in [0.1, 0.15) is 37.7 Å². The number of nitrogens with zero attached hydrogens (tertiary/aromatic N) is 1. The van der Waals surface area contributed by atoms with Gasteiger partial charge < -0.3 is 49.1 Å². The van der Waals surface area contributed by atoms with Crippen molar-refractivity contribution in [3.05, 3.63) is 48.0 Å². The van der Waals surface area contributed by atoms with Crippen molar-refractivity contribution >= 4 is 52.3 Å². The summed E-state index contributed by atoms with van der Waals surface area (Å²) in [7, 11) is 0. The van der Waals surface area contributed by atoms with Crippen molar-refractivity contribution in [2.45, 2.75) is 62.7 Å². The van der Waals surface area contributed by atoms with Crippen molar-refractivity contribution in [2.24, 2.45) is 27.9 Å². The summed E-state index contributed by atoms with van der Waals surface area (Å²) >= 11 is 0. The molecule has 0 aromatic heterocycles. The molecule has 0 spiro atoms. The first kappa shape index (κ1) is 34.9. The molecule has 0 aliphatic rings. The molecule has 16 heteroatoms. The Morgan fingerprint density at radius 2 is 1.39 bits per heavy atom. The first-order valence-electron chi connectivity index (χ1n) is 13.7. The third-order valence-electron chi connectivity index (χ3n) is 6.49. The summed E-state index contributed by atoms with van der Waals surface area (Å²) in [6.45, 7) is 0.234. The molecule has 0 saturated carbocycles. The van der Waals surface area contributed by atoms with Crippen LogP contribution in [0.25, 0.3) is 10.8 Å². The molecule has 16 nitrogen and oxygen atoms in total. The normalized spacial score (nSPS) is 13.5. The van der Waals surface area contributed by atoms with Crippen molar-refractivity contribution in [1.82, 2.24) is 16.0 Å². The van der Waals surface area contributed by atoms with Crippen LogP contribution in [-0.4, -0.2) is 82.5 Å². The molecule has 0 bridgehead atoms. The summed E-state index contributed by atoms with van der Waals surface area (Å²) in [6, 6.07) is 7.35. The van der Waals surface area contributed by atoms with Crippen LogP contribution in [0.5, 0.6) is 0 Å². The molecule has 44 heavy (non-hydrogen) atoms. The number of benzene rings is 2. The average Bonchev–Trinajstić information content (AvgIpc) is 2.95. The Balaban J connectivity index is 2.28. The second-order valence-electron chi connectivity index (χ2n) is 10.1. The topological polar surface area (TPSA) is 295 Å². The van der Waals surface area contributed by atoms with Crippen LogP contribution in [0.3, 0.4) is 0 Å². The highest BCUT2D eigenvalue weighted by molar-refractivity contribution is 5.96. The zero-order chi connectivity index (χ0) is 32.8. The number of carbonyl (C=O) groups excluding carboxylic acids is 4. The van der Waals surface area contributed by atoms with Gasteiger partial charge >= 0.3 is 11.9 Å². The number of carboxylic acid groups (broad SMARTS) is 2. The highest BCUT2D eigenvalue weighted by atomic mass is 16.4. The standard InChI is InChI=1S/C28H38N8O8/c29-18(6-3-11-33-28(31)32)24(40)35-20(13-15-7-8-16-4-1-2-5-17(16)12-15)25(41)36-21(14-22(30)37)26(42)34-19(27(43)44)9-10-23(38)39/h1-2,4-5,7-8,12,18-21H,3,6,9-11,13-14,29H2,(H2,30,37)(H,34,42)(H,35,40)(H,36,41)(H,38,39)(H,43,44)(H4,31,32,33)/t18-,19+,20-,21+/m0/s1. The zero-order valence-corrected chi connectivity index (χ0v) is 23.9. The summed E-state index contributed by atoms with van der Waals surface area (Å²) in [6.07, 6.45) is -1.19. The number of nitrogens with two attached hydrogens (primary N) is 4. The molecule has 0 aliphatic carbocycles. The Labute approximate surface area is 252 Å². The van der Waals surface area contributed by atoms with Gasteiger partial charge in [0.05, 0.1) is 12.5 Å². The molecule has 238 valence electrons. The van der Waals surface area contributed by atoms with Gasteiger partial charge in [-0.1, -0.05) is 42.5 Å². The Morgan fingerprint density at radius 3 is 2.00 bits per heavy atom. The van der Waals surface area contributed by atoms with Crippen LogP contribution >= 0.6 is 0 Å².